The van der Waals surface area contributed by atoms with E-state index in [-0.39, 0.29) is 11.2 Å². The summed E-state index contributed by atoms with van der Waals surface area (Å²) in [7, 11) is 0. The maximum absolute atomic E-state index is 13.5. The lowest BCUT2D eigenvalue weighted by atomic mass is 9.81. The summed E-state index contributed by atoms with van der Waals surface area (Å²) in [4.78, 5) is 0. The predicted molar refractivity (Wildman–Crippen MR) is 71.7 cm³/mol. The number of nitrogens with one attached hydrogen (secondary N) is 1. The third-order valence-corrected chi connectivity index (χ3v) is 3.71. The maximum atomic E-state index is 13.5. The van der Waals surface area contributed by atoms with Crippen molar-refractivity contribution in [3.8, 4) is 0 Å². The Bertz CT molecular complexity index is 374. The summed E-state index contributed by atoms with van der Waals surface area (Å²) in [6, 6.07) is 4.80. The topological polar surface area (TPSA) is 12.0 Å². The van der Waals surface area contributed by atoms with Gasteiger partial charge in [0.15, 0.2) is 0 Å². The Morgan fingerprint density at radius 3 is 2.53 bits per heavy atom. The van der Waals surface area contributed by atoms with Crippen LogP contribution in [0.4, 0.5) is 4.39 Å². The zero-order chi connectivity index (χ0) is 13.1. The zero-order valence-electron chi connectivity index (χ0n) is 11.0. The first kappa shape index (κ1) is 14.5. The Morgan fingerprint density at radius 1 is 1.35 bits per heavy atom. The van der Waals surface area contributed by atoms with Crippen LogP contribution in [0.25, 0.3) is 0 Å². The molecule has 0 unspecified atom stereocenters. The van der Waals surface area contributed by atoms with Gasteiger partial charge in [0.1, 0.15) is 5.82 Å². The third-order valence-electron chi connectivity index (χ3n) is 3.47. The Morgan fingerprint density at radius 2 is 2.00 bits per heavy atom. The van der Waals surface area contributed by atoms with Gasteiger partial charge in [-0.3, -0.25) is 0 Å². The molecule has 0 fully saturated rings. The molecule has 0 aromatic heterocycles. The second kappa shape index (κ2) is 5.83. The lowest BCUT2D eigenvalue weighted by molar-refractivity contribution is 0.237. The smallest absolute Gasteiger partial charge is 0.129 e. The fourth-order valence-corrected chi connectivity index (χ4v) is 1.55. The fraction of sp³-hybridized carbons (Fsp3) is 0.571. The van der Waals surface area contributed by atoms with E-state index in [1.807, 2.05) is 0 Å². The molecule has 1 rings (SSSR count). The van der Waals surface area contributed by atoms with Crippen LogP contribution in [-0.4, -0.2) is 6.54 Å². The lowest BCUT2D eigenvalue weighted by Gasteiger charge is -2.29. The molecule has 3 heteroatoms. The Balaban J connectivity index is 2.51. The summed E-state index contributed by atoms with van der Waals surface area (Å²) in [5, 5.41) is 3.74. The van der Waals surface area contributed by atoms with Gasteiger partial charge in [-0.25, -0.2) is 4.39 Å². The average molecular weight is 258 g/mol. The van der Waals surface area contributed by atoms with Crippen molar-refractivity contribution in [2.45, 2.75) is 34.2 Å². The van der Waals surface area contributed by atoms with Gasteiger partial charge in [0, 0.05) is 23.7 Å². The molecule has 1 aromatic rings. The van der Waals surface area contributed by atoms with Gasteiger partial charge < -0.3 is 5.32 Å². The molecule has 0 aliphatic carbocycles. The van der Waals surface area contributed by atoms with E-state index < -0.39 is 0 Å². The number of hydrogen-bond donors (Lipinski definition) is 1. The molecule has 0 aliphatic heterocycles. The summed E-state index contributed by atoms with van der Waals surface area (Å²) in [5.41, 5.74) is 0.872. The second-order valence-electron chi connectivity index (χ2n) is 5.48. The summed E-state index contributed by atoms with van der Waals surface area (Å²) in [5.74, 6) is 0.345. The second-order valence-corrected chi connectivity index (χ2v) is 5.92. The lowest BCUT2D eigenvalue weighted by Crippen LogP contribution is -2.33. The summed E-state index contributed by atoms with van der Waals surface area (Å²) >= 11 is 5.70. The van der Waals surface area contributed by atoms with Gasteiger partial charge in [0.05, 0.1) is 0 Å². The molecule has 0 radical (unpaired) electrons. The monoisotopic (exact) mass is 257 g/mol. The van der Waals surface area contributed by atoms with E-state index in [1.165, 1.54) is 6.07 Å². The summed E-state index contributed by atoms with van der Waals surface area (Å²) in [6.45, 7) is 10.2. The van der Waals surface area contributed by atoms with E-state index in [4.69, 9.17) is 11.6 Å². The van der Waals surface area contributed by atoms with Crippen LogP contribution in [-0.2, 0) is 6.54 Å². The first-order valence-corrected chi connectivity index (χ1v) is 6.35. The van der Waals surface area contributed by atoms with Crippen LogP contribution >= 0.6 is 11.6 Å². The van der Waals surface area contributed by atoms with Crippen molar-refractivity contribution < 1.29 is 4.39 Å². The highest BCUT2D eigenvalue weighted by Gasteiger charge is 2.21. The standard InChI is InChI=1S/C14H21ClFN/c1-10(2)14(3,4)9-17-8-11-5-6-12(15)7-13(11)16/h5-7,10,17H,8-9H2,1-4H3. The van der Waals surface area contributed by atoms with Crippen molar-refractivity contribution in [3.63, 3.8) is 0 Å². The number of benzene rings is 1. The highest BCUT2D eigenvalue weighted by molar-refractivity contribution is 6.30. The van der Waals surface area contributed by atoms with Gasteiger partial charge in [-0.05, 0) is 23.5 Å². The molecule has 0 amide bonds. The molecule has 1 nitrogen and oxygen atoms in total. The average Bonchev–Trinajstić information content (AvgIpc) is 2.21. The SMILES string of the molecule is CC(C)C(C)(C)CNCc1ccc(Cl)cc1F. The molecule has 17 heavy (non-hydrogen) atoms. The molecule has 96 valence electrons. The fourth-order valence-electron chi connectivity index (χ4n) is 1.39. The van der Waals surface area contributed by atoms with Crippen LogP contribution in [0.15, 0.2) is 18.2 Å². The minimum atomic E-state index is -0.243. The van der Waals surface area contributed by atoms with E-state index in [0.29, 0.717) is 23.0 Å². The molecule has 1 aromatic carbocycles. The van der Waals surface area contributed by atoms with Gasteiger partial charge in [-0.2, -0.15) is 0 Å². The van der Waals surface area contributed by atoms with Crippen molar-refractivity contribution in [1.29, 1.82) is 0 Å². The summed E-state index contributed by atoms with van der Waals surface area (Å²) in [6.07, 6.45) is 0. The predicted octanol–water partition coefficient (Wildman–Crippen LogP) is 4.25. The number of halogens is 2. The van der Waals surface area contributed by atoms with Crippen LogP contribution in [0.5, 0.6) is 0 Å². The van der Waals surface area contributed by atoms with Gasteiger partial charge in [0.25, 0.3) is 0 Å². The molecular weight excluding hydrogens is 237 g/mol. The van der Waals surface area contributed by atoms with Gasteiger partial charge in [-0.15, -0.1) is 0 Å². The molecule has 0 heterocycles. The Labute approximate surface area is 108 Å². The quantitative estimate of drug-likeness (QED) is 0.832. The molecule has 0 aliphatic rings. The minimum absolute atomic E-state index is 0.211. The maximum Gasteiger partial charge on any atom is 0.129 e. The molecule has 1 N–H and O–H groups in total. The highest BCUT2D eigenvalue weighted by atomic mass is 35.5. The zero-order valence-corrected chi connectivity index (χ0v) is 11.7. The van der Waals surface area contributed by atoms with Crippen LogP contribution in [0.2, 0.25) is 5.02 Å². The van der Waals surface area contributed by atoms with Crippen LogP contribution in [0.3, 0.4) is 0 Å². The van der Waals surface area contributed by atoms with Crippen molar-refractivity contribution in [2.24, 2.45) is 11.3 Å². The van der Waals surface area contributed by atoms with Crippen LogP contribution in [0, 0.1) is 17.2 Å². The first-order valence-electron chi connectivity index (χ1n) is 5.97. The molecular formula is C14H21ClFN. The minimum Gasteiger partial charge on any atom is -0.312 e. The first-order chi connectivity index (χ1) is 7.83. The van der Waals surface area contributed by atoms with E-state index in [2.05, 4.69) is 33.0 Å². The van der Waals surface area contributed by atoms with Gasteiger partial charge >= 0.3 is 0 Å². The van der Waals surface area contributed by atoms with Crippen molar-refractivity contribution in [3.05, 3.63) is 34.6 Å². The normalized spacial score (nSPS) is 12.2. The largest absolute Gasteiger partial charge is 0.312 e. The molecule has 0 atom stereocenters. The van der Waals surface area contributed by atoms with E-state index in [9.17, 15) is 4.39 Å². The highest BCUT2D eigenvalue weighted by Crippen LogP contribution is 2.25. The van der Waals surface area contributed by atoms with E-state index in [1.54, 1.807) is 12.1 Å². The summed E-state index contributed by atoms with van der Waals surface area (Å²) < 4.78 is 13.5. The number of rotatable bonds is 5. The van der Waals surface area contributed by atoms with Crippen LogP contribution in [0.1, 0.15) is 33.3 Å². The van der Waals surface area contributed by atoms with Gasteiger partial charge in [-0.1, -0.05) is 45.4 Å². The third kappa shape index (κ3) is 4.29. The Kier molecular flexibility index (Phi) is 4.96. The van der Waals surface area contributed by atoms with Crippen molar-refractivity contribution in [2.75, 3.05) is 6.54 Å². The van der Waals surface area contributed by atoms with Gasteiger partial charge in [0.2, 0.25) is 0 Å². The van der Waals surface area contributed by atoms with E-state index >= 15 is 0 Å². The Hall–Kier alpha value is -0.600. The van der Waals surface area contributed by atoms with E-state index in [0.717, 1.165) is 6.54 Å². The molecule has 0 bridgehead atoms. The van der Waals surface area contributed by atoms with Crippen molar-refractivity contribution in [1.82, 2.24) is 5.32 Å². The number of hydrogen-bond acceptors (Lipinski definition) is 1. The van der Waals surface area contributed by atoms with Crippen molar-refractivity contribution >= 4 is 11.6 Å². The molecule has 0 saturated carbocycles. The molecule has 0 spiro atoms. The van der Waals surface area contributed by atoms with Crippen LogP contribution < -0.4 is 5.32 Å². The molecule has 0 saturated heterocycles.